The van der Waals surface area contributed by atoms with Crippen molar-refractivity contribution in [1.82, 2.24) is 4.98 Å². The minimum atomic E-state index is -1.20. The molecule has 2 aromatic rings. The van der Waals surface area contributed by atoms with Gasteiger partial charge in [0.25, 0.3) is 5.69 Å². The fourth-order valence-corrected chi connectivity index (χ4v) is 1.99. The highest BCUT2D eigenvalue weighted by Crippen LogP contribution is 2.25. The number of carbonyl (C=O) groups is 1. The van der Waals surface area contributed by atoms with E-state index in [1.54, 1.807) is 24.3 Å². The molecule has 0 aliphatic carbocycles. The number of nitro benzene ring substituents is 1. The molecule has 0 saturated heterocycles. The van der Waals surface area contributed by atoms with Gasteiger partial charge in [-0.1, -0.05) is 0 Å². The zero-order valence-electron chi connectivity index (χ0n) is 11.3. The van der Waals surface area contributed by atoms with Crippen molar-refractivity contribution in [3.63, 3.8) is 0 Å². The Morgan fingerprint density at radius 2 is 2.00 bits per heavy atom. The van der Waals surface area contributed by atoms with Crippen LogP contribution in [0.2, 0.25) is 0 Å². The van der Waals surface area contributed by atoms with Crippen LogP contribution in [0.25, 0.3) is 0 Å². The molecule has 0 saturated carbocycles. The van der Waals surface area contributed by atoms with E-state index in [0.717, 1.165) is 11.6 Å². The summed E-state index contributed by atoms with van der Waals surface area (Å²) in [5, 5.41) is 20.0. The third-order valence-corrected chi connectivity index (χ3v) is 3.00. The fourth-order valence-electron chi connectivity index (χ4n) is 1.99. The van der Waals surface area contributed by atoms with Gasteiger partial charge in [0, 0.05) is 38.1 Å². The van der Waals surface area contributed by atoms with E-state index in [-0.39, 0.29) is 11.3 Å². The Bertz CT molecular complexity index is 673. The molecule has 7 nitrogen and oxygen atoms in total. The van der Waals surface area contributed by atoms with E-state index in [2.05, 4.69) is 4.98 Å². The molecule has 0 aliphatic heterocycles. The Kier molecular flexibility index (Phi) is 4.13. The van der Waals surface area contributed by atoms with Gasteiger partial charge < -0.3 is 10.0 Å². The monoisotopic (exact) mass is 287 g/mol. The molecule has 1 aromatic heterocycles. The highest BCUT2D eigenvalue weighted by Gasteiger charge is 2.18. The van der Waals surface area contributed by atoms with Crippen LogP contribution in [0.15, 0.2) is 42.7 Å². The number of hydrogen-bond acceptors (Lipinski definition) is 5. The number of carboxylic acids is 1. The van der Waals surface area contributed by atoms with E-state index in [9.17, 15) is 20.0 Å². The van der Waals surface area contributed by atoms with Crippen LogP contribution in [0.4, 0.5) is 11.4 Å². The molecule has 0 amide bonds. The molecule has 108 valence electrons. The SMILES string of the molecule is CN(Cc1ccncc1)c1ccc([N+](=O)[O-])cc1C(=O)O. The predicted octanol–water partition coefficient (Wildman–Crippen LogP) is 2.32. The molecule has 0 unspecified atom stereocenters. The van der Waals surface area contributed by atoms with Crippen molar-refractivity contribution in [2.75, 3.05) is 11.9 Å². The molecule has 0 bridgehead atoms. The first-order valence-electron chi connectivity index (χ1n) is 6.11. The van der Waals surface area contributed by atoms with Gasteiger partial charge in [-0.3, -0.25) is 15.1 Å². The lowest BCUT2D eigenvalue weighted by molar-refractivity contribution is -0.384. The van der Waals surface area contributed by atoms with Crippen LogP contribution in [0, 0.1) is 10.1 Å². The number of hydrogen-bond donors (Lipinski definition) is 1. The molecule has 0 radical (unpaired) electrons. The zero-order valence-corrected chi connectivity index (χ0v) is 11.3. The van der Waals surface area contributed by atoms with Crippen molar-refractivity contribution in [3.05, 3.63) is 64.0 Å². The van der Waals surface area contributed by atoms with Crippen LogP contribution < -0.4 is 4.90 Å². The zero-order chi connectivity index (χ0) is 15.4. The van der Waals surface area contributed by atoms with Gasteiger partial charge in [-0.25, -0.2) is 4.79 Å². The number of aromatic nitrogens is 1. The summed E-state index contributed by atoms with van der Waals surface area (Å²) in [4.78, 5) is 27.1. The van der Waals surface area contributed by atoms with E-state index in [0.29, 0.717) is 12.2 Å². The van der Waals surface area contributed by atoms with Crippen LogP contribution in [0.1, 0.15) is 15.9 Å². The predicted molar refractivity (Wildman–Crippen MR) is 76.4 cm³/mol. The molecule has 1 aromatic carbocycles. The normalized spacial score (nSPS) is 10.1. The molecule has 1 N–H and O–H groups in total. The molecule has 0 fully saturated rings. The molecular formula is C14H13N3O4. The van der Waals surface area contributed by atoms with Gasteiger partial charge in [-0.05, 0) is 23.8 Å². The van der Waals surface area contributed by atoms with Gasteiger partial charge in [0.05, 0.1) is 16.2 Å². The van der Waals surface area contributed by atoms with Crippen molar-refractivity contribution >= 4 is 17.3 Å². The minimum absolute atomic E-state index is 0.0965. The second kappa shape index (κ2) is 6.00. The van der Waals surface area contributed by atoms with E-state index in [1.807, 2.05) is 12.1 Å². The maximum atomic E-state index is 11.3. The van der Waals surface area contributed by atoms with Gasteiger partial charge >= 0.3 is 5.97 Å². The first-order chi connectivity index (χ1) is 9.99. The molecule has 1 heterocycles. The summed E-state index contributed by atoms with van der Waals surface area (Å²) in [6.45, 7) is 0.473. The van der Waals surface area contributed by atoms with Crippen molar-refractivity contribution in [3.8, 4) is 0 Å². The van der Waals surface area contributed by atoms with Crippen molar-refractivity contribution in [1.29, 1.82) is 0 Å². The van der Waals surface area contributed by atoms with E-state index < -0.39 is 10.9 Å². The summed E-state index contributed by atoms with van der Waals surface area (Å²) in [7, 11) is 1.73. The lowest BCUT2D eigenvalue weighted by atomic mass is 10.1. The van der Waals surface area contributed by atoms with Gasteiger partial charge in [0.1, 0.15) is 0 Å². The van der Waals surface area contributed by atoms with Gasteiger partial charge in [-0.15, -0.1) is 0 Å². The van der Waals surface area contributed by atoms with E-state index >= 15 is 0 Å². The second-order valence-electron chi connectivity index (χ2n) is 4.48. The lowest BCUT2D eigenvalue weighted by Gasteiger charge is -2.21. The molecule has 2 rings (SSSR count). The summed E-state index contributed by atoms with van der Waals surface area (Å²) in [5.74, 6) is -1.20. The maximum Gasteiger partial charge on any atom is 0.338 e. The first-order valence-corrected chi connectivity index (χ1v) is 6.11. The number of anilines is 1. The molecule has 0 spiro atoms. The van der Waals surface area contributed by atoms with Crippen LogP contribution >= 0.6 is 0 Å². The van der Waals surface area contributed by atoms with Crippen LogP contribution in [0.5, 0.6) is 0 Å². The smallest absolute Gasteiger partial charge is 0.338 e. The summed E-state index contributed by atoms with van der Waals surface area (Å²) in [6, 6.07) is 7.46. The number of pyridine rings is 1. The first kappa shape index (κ1) is 14.4. The molecule has 21 heavy (non-hydrogen) atoms. The van der Waals surface area contributed by atoms with Gasteiger partial charge in [0.2, 0.25) is 0 Å². The average Bonchev–Trinajstić information content (AvgIpc) is 2.47. The average molecular weight is 287 g/mol. The highest BCUT2D eigenvalue weighted by molar-refractivity contribution is 5.95. The number of nitro groups is 1. The molecule has 0 atom stereocenters. The number of nitrogens with zero attached hydrogens (tertiary/aromatic N) is 3. The lowest BCUT2D eigenvalue weighted by Crippen LogP contribution is -2.19. The van der Waals surface area contributed by atoms with Crippen LogP contribution in [-0.2, 0) is 6.54 Å². The van der Waals surface area contributed by atoms with E-state index in [1.165, 1.54) is 12.1 Å². The number of rotatable bonds is 5. The Morgan fingerprint density at radius 1 is 1.33 bits per heavy atom. The third-order valence-electron chi connectivity index (χ3n) is 3.00. The highest BCUT2D eigenvalue weighted by atomic mass is 16.6. The Hall–Kier alpha value is -2.96. The van der Waals surface area contributed by atoms with E-state index in [4.69, 9.17) is 0 Å². The van der Waals surface area contributed by atoms with Crippen LogP contribution in [0.3, 0.4) is 0 Å². The molecule has 0 aliphatic rings. The summed E-state index contributed by atoms with van der Waals surface area (Å²) >= 11 is 0. The number of benzene rings is 1. The Morgan fingerprint density at radius 3 is 2.57 bits per heavy atom. The summed E-state index contributed by atoms with van der Waals surface area (Å²) in [5.41, 5.74) is 1.04. The fraction of sp³-hybridized carbons (Fsp3) is 0.143. The van der Waals surface area contributed by atoms with Gasteiger partial charge in [0.15, 0.2) is 0 Å². The Balaban J connectivity index is 2.34. The number of non-ortho nitro benzene ring substituents is 1. The largest absolute Gasteiger partial charge is 0.478 e. The third kappa shape index (κ3) is 3.33. The summed E-state index contributed by atoms with van der Waals surface area (Å²) < 4.78 is 0. The second-order valence-corrected chi connectivity index (χ2v) is 4.48. The summed E-state index contributed by atoms with van der Waals surface area (Å²) in [6.07, 6.45) is 3.30. The quantitative estimate of drug-likeness (QED) is 0.669. The minimum Gasteiger partial charge on any atom is -0.478 e. The number of aromatic carboxylic acids is 1. The Labute approximate surface area is 120 Å². The topological polar surface area (TPSA) is 96.6 Å². The molecule has 7 heteroatoms. The van der Waals surface area contributed by atoms with Crippen molar-refractivity contribution in [2.45, 2.75) is 6.54 Å². The maximum absolute atomic E-state index is 11.3. The van der Waals surface area contributed by atoms with Crippen molar-refractivity contribution in [2.24, 2.45) is 0 Å². The standard InChI is InChI=1S/C14H13N3O4/c1-16(9-10-4-6-15-7-5-10)13-3-2-11(17(20)21)8-12(13)14(18)19/h2-8H,9H2,1H3,(H,18,19). The number of carboxylic acid groups (broad SMARTS) is 1. The molecular weight excluding hydrogens is 274 g/mol. The van der Waals surface area contributed by atoms with Crippen molar-refractivity contribution < 1.29 is 14.8 Å². The van der Waals surface area contributed by atoms with Crippen LogP contribution in [-0.4, -0.2) is 28.0 Å². The van der Waals surface area contributed by atoms with Gasteiger partial charge in [-0.2, -0.15) is 0 Å².